The number of rotatable bonds is 8. The molecule has 23 heavy (non-hydrogen) atoms. The third-order valence-corrected chi connectivity index (χ3v) is 3.76. The fourth-order valence-corrected chi connectivity index (χ4v) is 2.47. The van der Waals surface area contributed by atoms with Crippen LogP contribution < -0.4 is 15.2 Å². The van der Waals surface area contributed by atoms with E-state index in [2.05, 4.69) is 51.1 Å². The normalized spacial score (nSPS) is 10.8. The summed E-state index contributed by atoms with van der Waals surface area (Å²) in [6.45, 7) is 8.17. The Labute approximate surface area is 139 Å². The van der Waals surface area contributed by atoms with E-state index in [-0.39, 0.29) is 0 Å². The highest BCUT2D eigenvalue weighted by Gasteiger charge is 2.08. The maximum Gasteiger partial charge on any atom is 0.123 e. The molecule has 0 bridgehead atoms. The molecule has 0 fully saturated rings. The molecule has 3 nitrogen and oxygen atoms in total. The van der Waals surface area contributed by atoms with E-state index in [9.17, 15) is 0 Å². The quantitative estimate of drug-likeness (QED) is 0.747. The molecule has 0 aromatic heterocycles. The average molecular weight is 313 g/mol. The van der Waals surface area contributed by atoms with E-state index in [1.807, 2.05) is 12.1 Å². The molecule has 0 unspecified atom stereocenters. The van der Waals surface area contributed by atoms with Crippen molar-refractivity contribution in [3.8, 4) is 11.5 Å². The van der Waals surface area contributed by atoms with Crippen molar-refractivity contribution in [1.82, 2.24) is 0 Å². The Kier molecular flexibility index (Phi) is 6.48. The van der Waals surface area contributed by atoms with Crippen LogP contribution in [0.4, 0.5) is 0 Å². The third kappa shape index (κ3) is 5.29. The van der Waals surface area contributed by atoms with Crippen molar-refractivity contribution in [2.45, 2.75) is 33.1 Å². The maximum atomic E-state index is 5.92. The molecule has 0 heterocycles. The van der Waals surface area contributed by atoms with Crippen LogP contribution >= 0.6 is 0 Å². The molecule has 0 aliphatic rings. The molecule has 124 valence electrons. The lowest BCUT2D eigenvalue weighted by Gasteiger charge is -2.15. The summed E-state index contributed by atoms with van der Waals surface area (Å²) in [5, 5.41) is 0. The van der Waals surface area contributed by atoms with Gasteiger partial charge >= 0.3 is 0 Å². The number of hydrogen-bond acceptors (Lipinski definition) is 3. The van der Waals surface area contributed by atoms with E-state index in [0.717, 1.165) is 17.9 Å². The molecule has 0 aliphatic carbocycles. The molecular formula is C20H27NO2. The number of nitrogens with two attached hydrogens (primary N) is 1. The zero-order valence-electron chi connectivity index (χ0n) is 14.3. The molecule has 3 heteroatoms. The van der Waals surface area contributed by atoms with Gasteiger partial charge in [0, 0.05) is 0 Å². The molecule has 0 amide bonds. The first-order chi connectivity index (χ1) is 11.1. The first-order valence-electron chi connectivity index (χ1n) is 8.25. The van der Waals surface area contributed by atoms with Crippen LogP contribution in [0.15, 0.2) is 42.5 Å². The molecule has 0 aliphatic heterocycles. The first kappa shape index (κ1) is 17.4. The van der Waals surface area contributed by atoms with Crippen LogP contribution in [-0.2, 0) is 6.42 Å². The molecule has 2 rings (SSSR count). The summed E-state index contributed by atoms with van der Waals surface area (Å²) in [4.78, 5) is 0. The maximum absolute atomic E-state index is 5.92. The van der Waals surface area contributed by atoms with Crippen molar-refractivity contribution < 1.29 is 9.47 Å². The second-order valence-corrected chi connectivity index (χ2v) is 6.08. The van der Waals surface area contributed by atoms with Crippen LogP contribution in [-0.4, -0.2) is 19.8 Å². The first-order valence-corrected chi connectivity index (χ1v) is 8.25. The Balaban J connectivity index is 1.84. The number of aryl methyl sites for hydroxylation is 1. The van der Waals surface area contributed by atoms with Gasteiger partial charge in [-0.1, -0.05) is 38.1 Å². The molecule has 0 atom stereocenters. The highest BCUT2D eigenvalue weighted by molar-refractivity contribution is 5.39. The lowest BCUT2D eigenvalue weighted by molar-refractivity contribution is 0.215. The standard InChI is InChI=1S/C20H27NO2/c1-15(2)19-9-4-16(3)14-20(19)23-13-12-22-18-7-5-17(6-8-18)10-11-21/h4-9,14-15H,10-13,21H2,1-3H3. The van der Waals surface area contributed by atoms with Crippen molar-refractivity contribution in [3.63, 3.8) is 0 Å². The van der Waals surface area contributed by atoms with Gasteiger partial charge in [-0.25, -0.2) is 0 Å². The van der Waals surface area contributed by atoms with Crippen molar-refractivity contribution in [2.24, 2.45) is 5.73 Å². The summed E-state index contributed by atoms with van der Waals surface area (Å²) < 4.78 is 11.7. The molecule has 0 radical (unpaired) electrons. The van der Waals surface area contributed by atoms with Gasteiger partial charge in [-0.05, 0) is 60.7 Å². The van der Waals surface area contributed by atoms with Gasteiger partial charge in [0.2, 0.25) is 0 Å². The van der Waals surface area contributed by atoms with Gasteiger partial charge < -0.3 is 15.2 Å². The van der Waals surface area contributed by atoms with Gasteiger partial charge in [-0.3, -0.25) is 0 Å². The van der Waals surface area contributed by atoms with Gasteiger partial charge in [0.25, 0.3) is 0 Å². The molecule has 0 spiro atoms. The van der Waals surface area contributed by atoms with Crippen LogP contribution in [0.1, 0.15) is 36.5 Å². The van der Waals surface area contributed by atoms with Crippen molar-refractivity contribution >= 4 is 0 Å². The third-order valence-electron chi connectivity index (χ3n) is 3.76. The predicted octanol–water partition coefficient (Wildman–Crippen LogP) is 4.08. The van der Waals surface area contributed by atoms with Gasteiger partial charge in [0.15, 0.2) is 0 Å². The van der Waals surface area contributed by atoms with E-state index in [1.54, 1.807) is 0 Å². The fourth-order valence-electron chi connectivity index (χ4n) is 2.47. The van der Waals surface area contributed by atoms with Gasteiger partial charge in [-0.2, -0.15) is 0 Å². The summed E-state index contributed by atoms with van der Waals surface area (Å²) in [7, 11) is 0. The highest BCUT2D eigenvalue weighted by atomic mass is 16.5. The minimum Gasteiger partial charge on any atom is -0.490 e. The van der Waals surface area contributed by atoms with Gasteiger partial charge in [-0.15, -0.1) is 0 Å². The Morgan fingerprint density at radius 3 is 2.30 bits per heavy atom. The van der Waals surface area contributed by atoms with Gasteiger partial charge in [0.1, 0.15) is 24.7 Å². The molecule has 0 saturated carbocycles. The fraction of sp³-hybridized carbons (Fsp3) is 0.400. The smallest absolute Gasteiger partial charge is 0.123 e. The average Bonchev–Trinajstić information content (AvgIpc) is 2.53. The zero-order valence-corrected chi connectivity index (χ0v) is 14.3. The topological polar surface area (TPSA) is 44.5 Å². The highest BCUT2D eigenvalue weighted by Crippen LogP contribution is 2.27. The summed E-state index contributed by atoms with van der Waals surface area (Å²) in [6, 6.07) is 14.4. The van der Waals surface area contributed by atoms with Crippen LogP contribution in [0.2, 0.25) is 0 Å². The van der Waals surface area contributed by atoms with Crippen molar-refractivity contribution in [1.29, 1.82) is 0 Å². The van der Waals surface area contributed by atoms with E-state index in [1.165, 1.54) is 16.7 Å². The van der Waals surface area contributed by atoms with Gasteiger partial charge in [0.05, 0.1) is 0 Å². The van der Waals surface area contributed by atoms with Crippen LogP contribution in [0, 0.1) is 6.92 Å². The van der Waals surface area contributed by atoms with Crippen molar-refractivity contribution in [2.75, 3.05) is 19.8 Å². The van der Waals surface area contributed by atoms with E-state index >= 15 is 0 Å². The lowest BCUT2D eigenvalue weighted by Crippen LogP contribution is -2.10. The Hall–Kier alpha value is -2.00. The molecular weight excluding hydrogens is 286 g/mol. The minimum absolute atomic E-state index is 0.446. The number of hydrogen-bond donors (Lipinski definition) is 1. The Morgan fingerprint density at radius 2 is 1.65 bits per heavy atom. The Bertz CT molecular complexity index is 606. The summed E-state index contributed by atoms with van der Waals surface area (Å²) in [5.41, 5.74) is 9.23. The van der Waals surface area contributed by atoms with E-state index in [4.69, 9.17) is 15.2 Å². The molecule has 0 saturated heterocycles. The molecule has 2 aromatic rings. The van der Waals surface area contributed by atoms with E-state index in [0.29, 0.717) is 25.7 Å². The Morgan fingerprint density at radius 1 is 0.957 bits per heavy atom. The van der Waals surface area contributed by atoms with Crippen LogP contribution in [0.5, 0.6) is 11.5 Å². The lowest BCUT2D eigenvalue weighted by atomic mass is 10.0. The summed E-state index contributed by atoms with van der Waals surface area (Å²) in [5.74, 6) is 2.27. The molecule has 2 aromatic carbocycles. The summed E-state index contributed by atoms with van der Waals surface area (Å²) in [6.07, 6.45) is 0.898. The van der Waals surface area contributed by atoms with E-state index < -0.39 is 0 Å². The predicted molar refractivity (Wildman–Crippen MR) is 95.5 cm³/mol. The minimum atomic E-state index is 0.446. The SMILES string of the molecule is Cc1ccc(C(C)C)c(OCCOc2ccc(CCN)cc2)c1. The summed E-state index contributed by atoms with van der Waals surface area (Å²) >= 11 is 0. The second kappa shape index (κ2) is 8.59. The monoisotopic (exact) mass is 313 g/mol. The number of ether oxygens (including phenoxy) is 2. The largest absolute Gasteiger partial charge is 0.490 e. The molecule has 2 N–H and O–H groups in total. The van der Waals surface area contributed by atoms with Crippen molar-refractivity contribution in [3.05, 3.63) is 59.2 Å². The zero-order chi connectivity index (χ0) is 16.7. The van der Waals surface area contributed by atoms with Crippen LogP contribution in [0.25, 0.3) is 0 Å². The van der Waals surface area contributed by atoms with Crippen LogP contribution in [0.3, 0.4) is 0 Å². The number of benzene rings is 2. The second-order valence-electron chi connectivity index (χ2n) is 6.08.